The van der Waals surface area contributed by atoms with Crippen molar-refractivity contribution >= 4 is 33.4 Å². The number of rotatable bonds is 4. The van der Waals surface area contributed by atoms with Crippen molar-refractivity contribution in [3.63, 3.8) is 0 Å². The molecule has 1 amide bonds. The van der Waals surface area contributed by atoms with E-state index in [1.54, 1.807) is 22.8 Å². The number of nitrogens with zero attached hydrogens (tertiary/aromatic N) is 4. The zero-order valence-corrected chi connectivity index (χ0v) is 16.5. The molecular weight excluding hydrogens is 388 g/mol. The van der Waals surface area contributed by atoms with Gasteiger partial charge in [0, 0.05) is 19.1 Å². The number of carbonyl (C=O) groups is 1. The van der Waals surface area contributed by atoms with Crippen LogP contribution in [0.15, 0.2) is 35.1 Å². The van der Waals surface area contributed by atoms with Gasteiger partial charge in [-0.25, -0.2) is 4.98 Å². The predicted octanol–water partition coefficient (Wildman–Crippen LogP) is 1.40. The maximum absolute atomic E-state index is 13.4. The first kappa shape index (κ1) is 19.1. The first-order valence-corrected chi connectivity index (χ1v) is 10.1. The number of aromatic nitrogens is 2. The molecule has 8 nitrogen and oxygen atoms in total. The molecule has 1 fully saturated rings. The SMILES string of the molecule is N#Cc1ccccc1Cn1c(N2CCC[C@@H](N)C2)nc2cc(C(N)=O)sc2c1=O. The summed E-state index contributed by atoms with van der Waals surface area (Å²) in [6.07, 6.45) is 1.82. The smallest absolute Gasteiger partial charge is 0.273 e. The van der Waals surface area contributed by atoms with Gasteiger partial charge in [0.15, 0.2) is 0 Å². The number of carbonyl (C=O) groups excluding carboxylic acids is 1. The maximum Gasteiger partial charge on any atom is 0.273 e. The first-order chi connectivity index (χ1) is 14.0. The molecule has 148 valence electrons. The largest absolute Gasteiger partial charge is 0.365 e. The molecule has 29 heavy (non-hydrogen) atoms. The van der Waals surface area contributed by atoms with Crippen molar-refractivity contribution in [1.29, 1.82) is 5.26 Å². The summed E-state index contributed by atoms with van der Waals surface area (Å²) in [5, 5.41) is 9.43. The van der Waals surface area contributed by atoms with E-state index in [0.717, 1.165) is 36.3 Å². The number of benzene rings is 1. The van der Waals surface area contributed by atoms with Crippen LogP contribution in [0.4, 0.5) is 5.95 Å². The summed E-state index contributed by atoms with van der Waals surface area (Å²) in [7, 11) is 0. The molecule has 9 heteroatoms. The monoisotopic (exact) mass is 408 g/mol. The van der Waals surface area contributed by atoms with Crippen LogP contribution in [-0.2, 0) is 6.54 Å². The number of fused-ring (bicyclic) bond motifs is 1. The second-order valence-corrected chi connectivity index (χ2v) is 8.16. The quantitative estimate of drug-likeness (QED) is 0.671. The Kier molecular flexibility index (Phi) is 5.05. The molecule has 0 aliphatic carbocycles. The van der Waals surface area contributed by atoms with Crippen molar-refractivity contribution in [2.45, 2.75) is 25.4 Å². The Morgan fingerprint density at radius 2 is 2.17 bits per heavy atom. The van der Waals surface area contributed by atoms with E-state index in [9.17, 15) is 14.9 Å². The molecule has 3 heterocycles. The third kappa shape index (κ3) is 3.60. The molecule has 0 saturated carbocycles. The molecule has 1 aliphatic heterocycles. The van der Waals surface area contributed by atoms with Crippen molar-refractivity contribution in [2.75, 3.05) is 18.0 Å². The summed E-state index contributed by atoms with van der Waals surface area (Å²) in [5.41, 5.74) is 13.0. The lowest BCUT2D eigenvalue weighted by atomic mass is 10.1. The van der Waals surface area contributed by atoms with Gasteiger partial charge in [-0.15, -0.1) is 11.3 Å². The fourth-order valence-corrected chi connectivity index (χ4v) is 4.53. The molecule has 2 aromatic heterocycles. The average Bonchev–Trinajstić information content (AvgIpc) is 3.15. The van der Waals surface area contributed by atoms with Crippen LogP contribution in [0.1, 0.15) is 33.6 Å². The van der Waals surface area contributed by atoms with Gasteiger partial charge in [-0.05, 0) is 30.5 Å². The number of nitrogens with two attached hydrogens (primary N) is 2. The topological polar surface area (TPSA) is 131 Å². The second-order valence-electron chi connectivity index (χ2n) is 7.11. The van der Waals surface area contributed by atoms with Gasteiger partial charge in [0.2, 0.25) is 5.95 Å². The Bertz CT molecular complexity index is 1190. The summed E-state index contributed by atoms with van der Waals surface area (Å²) in [6, 6.07) is 10.9. The highest BCUT2D eigenvalue weighted by atomic mass is 32.1. The van der Waals surface area contributed by atoms with Crippen molar-refractivity contribution in [1.82, 2.24) is 9.55 Å². The van der Waals surface area contributed by atoms with Gasteiger partial charge in [0.25, 0.3) is 11.5 Å². The predicted molar refractivity (Wildman–Crippen MR) is 112 cm³/mol. The summed E-state index contributed by atoms with van der Waals surface area (Å²) in [5.74, 6) is -0.0884. The van der Waals surface area contributed by atoms with E-state index in [2.05, 4.69) is 6.07 Å². The van der Waals surface area contributed by atoms with Crippen LogP contribution in [0, 0.1) is 11.3 Å². The summed E-state index contributed by atoms with van der Waals surface area (Å²) in [4.78, 5) is 32.0. The van der Waals surface area contributed by atoms with Gasteiger partial charge in [0.1, 0.15) is 4.70 Å². The van der Waals surface area contributed by atoms with Crippen LogP contribution in [0.25, 0.3) is 10.2 Å². The molecule has 0 radical (unpaired) electrons. The lowest BCUT2D eigenvalue weighted by Gasteiger charge is -2.33. The van der Waals surface area contributed by atoms with Crippen LogP contribution >= 0.6 is 11.3 Å². The second kappa shape index (κ2) is 7.66. The highest BCUT2D eigenvalue weighted by Crippen LogP contribution is 2.26. The van der Waals surface area contributed by atoms with Crippen molar-refractivity contribution in [2.24, 2.45) is 11.5 Å². The van der Waals surface area contributed by atoms with E-state index < -0.39 is 5.91 Å². The number of hydrogen-bond donors (Lipinski definition) is 2. The summed E-state index contributed by atoms with van der Waals surface area (Å²) >= 11 is 1.04. The zero-order valence-electron chi connectivity index (χ0n) is 15.7. The minimum absolute atomic E-state index is 0.000140. The van der Waals surface area contributed by atoms with Crippen LogP contribution in [0.2, 0.25) is 0 Å². The Morgan fingerprint density at radius 1 is 1.38 bits per heavy atom. The summed E-state index contributed by atoms with van der Waals surface area (Å²) < 4.78 is 1.94. The van der Waals surface area contributed by atoms with Crippen molar-refractivity contribution < 1.29 is 4.79 Å². The number of thiophene rings is 1. The van der Waals surface area contributed by atoms with Gasteiger partial charge in [-0.3, -0.25) is 14.2 Å². The molecule has 4 rings (SSSR count). The Balaban J connectivity index is 1.90. The molecule has 4 N–H and O–H groups in total. The minimum atomic E-state index is -0.588. The lowest BCUT2D eigenvalue weighted by Crippen LogP contribution is -2.45. The van der Waals surface area contributed by atoms with Crippen LogP contribution in [0.3, 0.4) is 0 Å². The van der Waals surface area contributed by atoms with Crippen LogP contribution in [0.5, 0.6) is 0 Å². The lowest BCUT2D eigenvalue weighted by molar-refractivity contribution is 0.100. The number of primary amides is 1. The standard InChI is InChI=1S/C20H20N6O2S/c21-9-12-4-1-2-5-13(12)10-26-19(28)17-15(8-16(29-17)18(23)27)24-20(26)25-7-3-6-14(22)11-25/h1-2,4-5,8,14H,3,6-7,10-11,22H2,(H2,23,27)/t14-/m1/s1. The van der Waals surface area contributed by atoms with E-state index >= 15 is 0 Å². The molecule has 3 aromatic rings. The molecule has 1 aliphatic rings. The van der Waals surface area contributed by atoms with E-state index in [-0.39, 0.29) is 18.1 Å². The molecule has 1 saturated heterocycles. The molecule has 1 aromatic carbocycles. The number of nitriles is 1. The number of anilines is 1. The maximum atomic E-state index is 13.4. The van der Waals surface area contributed by atoms with E-state index in [0.29, 0.717) is 33.2 Å². The molecule has 0 bridgehead atoms. The first-order valence-electron chi connectivity index (χ1n) is 9.30. The van der Waals surface area contributed by atoms with Gasteiger partial charge >= 0.3 is 0 Å². The van der Waals surface area contributed by atoms with E-state index in [1.807, 2.05) is 17.0 Å². The van der Waals surface area contributed by atoms with Crippen LogP contribution < -0.4 is 21.9 Å². The third-order valence-corrected chi connectivity index (χ3v) is 6.19. The molecular formula is C20H20N6O2S. The van der Waals surface area contributed by atoms with Crippen molar-refractivity contribution in [3.05, 3.63) is 56.7 Å². The van der Waals surface area contributed by atoms with Crippen molar-refractivity contribution in [3.8, 4) is 6.07 Å². The normalized spacial score (nSPS) is 16.7. The number of amides is 1. The average molecular weight is 408 g/mol. The van der Waals surface area contributed by atoms with E-state index in [4.69, 9.17) is 16.5 Å². The minimum Gasteiger partial charge on any atom is -0.365 e. The zero-order chi connectivity index (χ0) is 20.5. The highest BCUT2D eigenvalue weighted by molar-refractivity contribution is 7.20. The van der Waals surface area contributed by atoms with Gasteiger partial charge in [-0.1, -0.05) is 18.2 Å². The summed E-state index contributed by atoms with van der Waals surface area (Å²) in [6.45, 7) is 1.53. The highest BCUT2D eigenvalue weighted by Gasteiger charge is 2.24. The van der Waals surface area contributed by atoms with E-state index in [1.165, 1.54) is 0 Å². The fraction of sp³-hybridized carbons (Fsp3) is 0.300. The van der Waals surface area contributed by atoms with Crippen LogP contribution in [-0.4, -0.2) is 34.6 Å². The fourth-order valence-electron chi connectivity index (χ4n) is 3.63. The Labute approximate surface area is 171 Å². The molecule has 1 atom stereocenters. The molecule has 0 spiro atoms. The Morgan fingerprint density at radius 3 is 2.90 bits per heavy atom. The number of piperidine rings is 1. The van der Waals surface area contributed by atoms with Gasteiger partial charge in [-0.2, -0.15) is 5.26 Å². The molecule has 0 unspecified atom stereocenters. The van der Waals surface area contributed by atoms with Gasteiger partial charge in [0.05, 0.1) is 28.6 Å². The van der Waals surface area contributed by atoms with Gasteiger partial charge < -0.3 is 16.4 Å². The Hall–Kier alpha value is -3.22. The number of hydrogen-bond acceptors (Lipinski definition) is 7. The third-order valence-electron chi connectivity index (χ3n) is 5.06.